The predicted molar refractivity (Wildman–Crippen MR) is 56.3 cm³/mol. The minimum absolute atomic E-state index is 0.0525. The summed E-state index contributed by atoms with van der Waals surface area (Å²) >= 11 is 0. The standard InChI is InChI=1S/C10H12N4O2/c1-6-5-12-3-2-7(6)9-13-10(16-14-9)8(15)4-11/h2-3,5,8,15H,4,11H2,1H3. The van der Waals surface area contributed by atoms with Crippen LogP contribution in [0.3, 0.4) is 0 Å². The van der Waals surface area contributed by atoms with E-state index < -0.39 is 6.10 Å². The van der Waals surface area contributed by atoms with Gasteiger partial charge < -0.3 is 15.4 Å². The Labute approximate surface area is 92.1 Å². The lowest BCUT2D eigenvalue weighted by Gasteiger charge is -1.99. The number of nitrogens with two attached hydrogens (primary N) is 1. The van der Waals surface area contributed by atoms with Crippen molar-refractivity contribution < 1.29 is 9.63 Å². The van der Waals surface area contributed by atoms with Crippen molar-refractivity contribution in [1.29, 1.82) is 0 Å². The van der Waals surface area contributed by atoms with Crippen molar-refractivity contribution in [3.8, 4) is 11.4 Å². The van der Waals surface area contributed by atoms with Crippen LogP contribution in [0.5, 0.6) is 0 Å². The van der Waals surface area contributed by atoms with Gasteiger partial charge in [-0.1, -0.05) is 5.16 Å². The van der Waals surface area contributed by atoms with Crippen molar-refractivity contribution in [1.82, 2.24) is 15.1 Å². The van der Waals surface area contributed by atoms with E-state index in [1.165, 1.54) is 0 Å². The molecule has 0 saturated heterocycles. The molecule has 0 saturated carbocycles. The van der Waals surface area contributed by atoms with Gasteiger partial charge in [0, 0.05) is 24.5 Å². The van der Waals surface area contributed by atoms with Crippen molar-refractivity contribution in [2.45, 2.75) is 13.0 Å². The normalized spacial score (nSPS) is 12.7. The zero-order valence-electron chi connectivity index (χ0n) is 8.79. The number of aryl methyl sites for hydroxylation is 1. The largest absolute Gasteiger partial charge is 0.382 e. The lowest BCUT2D eigenvalue weighted by molar-refractivity contribution is 0.141. The van der Waals surface area contributed by atoms with E-state index in [1.807, 2.05) is 6.92 Å². The first-order chi connectivity index (χ1) is 7.72. The minimum Gasteiger partial charge on any atom is -0.382 e. The second-order valence-electron chi connectivity index (χ2n) is 3.40. The molecule has 0 aliphatic rings. The molecule has 84 valence electrons. The molecule has 2 heterocycles. The monoisotopic (exact) mass is 220 g/mol. The van der Waals surface area contributed by atoms with E-state index in [-0.39, 0.29) is 12.4 Å². The predicted octanol–water partition coefficient (Wildman–Crippen LogP) is 0.432. The number of aliphatic hydroxyl groups excluding tert-OH is 1. The fourth-order valence-electron chi connectivity index (χ4n) is 1.31. The number of rotatable bonds is 3. The molecule has 0 fully saturated rings. The Morgan fingerprint density at radius 3 is 3.06 bits per heavy atom. The number of aliphatic hydroxyl groups is 1. The molecule has 2 rings (SSSR count). The van der Waals surface area contributed by atoms with Gasteiger partial charge in [-0.2, -0.15) is 4.98 Å². The molecule has 3 N–H and O–H groups in total. The third kappa shape index (κ3) is 1.93. The summed E-state index contributed by atoms with van der Waals surface area (Å²) in [5.41, 5.74) is 7.06. The molecule has 0 amide bonds. The Morgan fingerprint density at radius 1 is 1.56 bits per heavy atom. The van der Waals surface area contributed by atoms with Crippen molar-refractivity contribution >= 4 is 0 Å². The van der Waals surface area contributed by atoms with Crippen molar-refractivity contribution in [3.63, 3.8) is 0 Å². The molecule has 6 nitrogen and oxygen atoms in total. The molecule has 0 aromatic carbocycles. The third-order valence-electron chi connectivity index (χ3n) is 2.21. The van der Waals surface area contributed by atoms with Gasteiger partial charge in [-0.3, -0.25) is 4.98 Å². The van der Waals surface area contributed by atoms with Gasteiger partial charge in [0.2, 0.25) is 5.82 Å². The Morgan fingerprint density at radius 2 is 2.38 bits per heavy atom. The molecule has 16 heavy (non-hydrogen) atoms. The SMILES string of the molecule is Cc1cnccc1-c1noc(C(O)CN)n1. The molecular weight excluding hydrogens is 208 g/mol. The molecule has 0 aliphatic heterocycles. The molecular formula is C10H12N4O2. The minimum atomic E-state index is -0.914. The lowest BCUT2D eigenvalue weighted by atomic mass is 10.1. The second-order valence-corrected chi connectivity index (χ2v) is 3.40. The molecule has 1 atom stereocenters. The van der Waals surface area contributed by atoms with Crippen LogP contribution in [0.2, 0.25) is 0 Å². The van der Waals surface area contributed by atoms with Crippen LogP contribution in [0.25, 0.3) is 11.4 Å². The van der Waals surface area contributed by atoms with Crippen LogP contribution in [-0.4, -0.2) is 26.8 Å². The lowest BCUT2D eigenvalue weighted by Crippen LogP contribution is -2.11. The fraction of sp³-hybridized carbons (Fsp3) is 0.300. The zero-order chi connectivity index (χ0) is 11.5. The summed E-state index contributed by atoms with van der Waals surface area (Å²) in [6.07, 6.45) is 2.45. The van der Waals surface area contributed by atoms with E-state index in [4.69, 9.17) is 10.3 Å². The maximum Gasteiger partial charge on any atom is 0.257 e. The molecule has 0 spiro atoms. The average Bonchev–Trinajstić information content (AvgIpc) is 2.78. The van der Waals surface area contributed by atoms with Crippen LogP contribution in [0.4, 0.5) is 0 Å². The molecule has 0 aliphatic carbocycles. The van der Waals surface area contributed by atoms with E-state index in [9.17, 15) is 5.11 Å². The Bertz CT molecular complexity index is 483. The summed E-state index contributed by atoms with van der Waals surface area (Å²) in [6.45, 7) is 1.95. The van der Waals surface area contributed by atoms with Gasteiger partial charge in [0.1, 0.15) is 6.10 Å². The highest BCUT2D eigenvalue weighted by molar-refractivity contribution is 5.57. The van der Waals surface area contributed by atoms with E-state index in [0.29, 0.717) is 5.82 Å². The van der Waals surface area contributed by atoms with E-state index in [0.717, 1.165) is 11.1 Å². The maximum absolute atomic E-state index is 9.43. The second kappa shape index (κ2) is 4.38. The van der Waals surface area contributed by atoms with Crippen LogP contribution in [0, 0.1) is 6.92 Å². The first-order valence-electron chi connectivity index (χ1n) is 4.85. The molecule has 2 aromatic rings. The van der Waals surface area contributed by atoms with Gasteiger partial charge in [-0.15, -0.1) is 0 Å². The van der Waals surface area contributed by atoms with Gasteiger partial charge in [-0.25, -0.2) is 0 Å². The van der Waals surface area contributed by atoms with Crippen molar-refractivity contribution in [2.24, 2.45) is 5.73 Å². The van der Waals surface area contributed by atoms with E-state index >= 15 is 0 Å². The first kappa shape index (κ1) is 10.7. The van der Waals surface area contributed by atoms with Gasteiger partial charge in [-0.05, 0) is 18.6 Å². The highest BCUT2D eigenvalue weighted by Gasteiger charge is 2.16. The molecule has 6 heteroatoms. The zero-order valence-corrected chi connectivity index (χ0v) is 8.79. The van der Waals surface area contributed by atoms with Gasteiger partial charge in [0.25, 0.3) is 5.89 Å². The van der Waals surface area contributed by atoms with Crippen molar-refractivity contribution in [2.75, 3.05) is 6.54 Å². The molecule has 2 aromatic heterocycles. The summed E-state index contributed by atoms with van der Waals surface area (Å²) in [7, 11) is 0. The topological polar surface area (TPSA) is 98.1 Å². The van der Waals surface area contributed by atoms with Gasteiger partial charge >= 0.3 is 0 Å². The van der Waals surface area contributed by atoms with Crippen LogP contribution in [0.15, 0.2) is 23.0 Å². The van der Waals surface area contributed by atoms with Crippen LogP contribution in [-0.2, 0) is 0 Å². The van der Waals surface area contributed by atoms with Crippen LogP contribution in [0.1, 0.15) is 17.6 Å². The summed E-state index contributed by atoms with van der Waals surface area (Å²) in [4.78, 5) is 8.05. The number of aromatic nitrogens is 3. The summed E-state index contributed by atoms with van der Waals surface area (Å²) in [5, 5.41) is 13.2. The molecule has 0 bridgehead atoms. The highest BCUT2D eigenvalue weighted by Crippen LogP contribution is 2.20. The number of pyridine rings is 1. The summed E-state index contributed by atoms with van der Waals surface area (Å²) in [5.74, 6) is 0.566. The molecule has 1 unspecified atom stereocenters. The third-order valence-corrected chi connectivity index (χ3v) is 2.21. The Balaban J connectivity index is 2.35. The Kier molecular flexibility index (Phi) is 2.93. The molecule has 0 radical (unpaired) electrons. The van der Waals surface area contributed by atoms with Crippen molar-refractivity contribution in [3.05, 3.63) is 29.9 Å². The van der Waals surface area contributed by atoms with Crippen LogP contribution < -0.4 is 5.73 Å². The number of hydrogen-bond donors (Lipinski definition) is 2. The van der Waals surface area contributed by atoms with Gasteiger partial charge in [0.15, 0.2) is 0 Å². The van der Waals surface area contributed by atoms with E-state index in [2.05, 4.69) is 15.1 Å². The average molecular weight is 220 g/mol. The Hall–Kier alpha value is -1.79. The fourth-order valence-corrected chi connectivity index (χ4v) is 1.31. The van der Waals surface area contributed by atoms with Gasteiger partial charge in [0.05, 0.1) is 0 Å². The highest BCUT2D eigenvalue weighted by atomic mass is 16.5. The summed E-state index contributed by atoms with van der Waals surface area (Å²) < 4.78 is 4.92. The quantitative estimate of drug-likeness (QED) is 0.778. The summed E-state index contributed by atoms with van der Waals surface area (Å²) in [6, 6.07) is 1.79. The smallest absolute Gasteiger partial charge is 0.257 e. The van der Waals surface area contributed by atoms with E-state index in [1.54, 1.807) is 18.5 Å². The first-order valence-corrected chi connectivity index (χ1v) is 4.85. The number of nitrogens with zero attached hydrogens (tertiary/aromatic N) is 3. The number of hydrogen-bond acceptors (Lipinski definition) is 6. The van der Waals surface area contributed by atoms with Crippen LogP contribution >= 0.6 is 0 Å². The maximum atomic E-state index is 9.43.